The molecule has 4 nitrogen and oxygen atoms in total. The normalized spacial score (nSPS) is 15.0. The first-order valence-electron chi connectivity index (χ1n) is 4.10. The number of likely N-dealkylation sites (N-methyl/N-ethyl adjacent to an activating group) is 1. The van der Waals surface area contributed by atoms with Gasteiger partial charge in [0.15, 0.2) is 0 Å². The summed E-state index contributed by atoms with van der Waals surface area (Å²) in [6.07, 6.45) is 0.604. The van der Waals surface area contributed by atoms with Gasteiger partial charge in [0.05, 0.1) is 6.61 Å². The van der Waals surface area contributed by atoms with Crippen molar-refractivity contribution in [1.82, 2.24) is 4.90 Å². The van der Waals surface area contributed by atoms with Gasteiger partial charge in [0.25, 0.3) is 0 Å². The molecule has 0 heterocycles. The van der Waals surface area contributed by atoms with E-state index in [0.29, 0.717) is 6.42 Å². The fraction of sp³-hybridized carbons (Fsp3) is 1.00. The van der Waals surface area contributed by atoms with Crippen molar-refractivity contribution >= 4 is 0 Å². The average Bonchev–Trinajstić information content (AvgIpc) is 1.87. The summed E-state index contributed by atoms with van der Waals surface area (Å²) in [5, 5.41) is 16.8. The molecular formula is C8H22N2O2. The third kappa shape index (κ3) is 22.5. The predicted octanol–water partition coefficient (Wildman–Crippen LogP) is -0.396. The molecule has 12 heavy (non-hydrogen) atoms. The van der Waals surface area contributed by atoms with Crippen LogP contribution in [0, 0.1) is 0 Å². The maximum Gasteiger partial charge on any atom is 0.110 e. The zero-order valence-corrected chi connectivity index (χ0v) is 8.54. The van der Waals surface area contributed by atoms with E-state index in [1.54, 1.807) is 6.92 Å². The van der Waals surface area contributed by atoms with Crippen molar-refractivity contribution in [2.45, 2.75) is 26.0 Å². The van der Waals surface area contributed by atoms with Gasteiger partial charge in [0.2, 0.25) is 0 Å². The number of nitrogens with two attached hydrogens (primary N) is 1. The van der Waals surface area contributed by atoms with E-state index in [4.69, 9.17) is 15.9 Å². The van der Waals surface area contributed by atoms with Crippen molar-refractivity contribution in [3.8, 4) is 0 Å². The van der Waals surface area contributed by atoms with E-state index < -0.39 is 5.72 Å². The third-order valence-corrected chi connectivity index (χ3v) is 1.26. The molecule has 0 aromatic heterocycles. The molecule has 1 atom stereocenters. The summed E-state index contributed by atoms with van der Waals surface area (Å²) >= 11 is 0. The molecule has 0 spiro atoms. The minimum Gasteiger partial charge on any atom is -0.395 e. The smallest absolute Gasteiger partial charge is 0.110 e. The summed E-state index contributed by atoms with van der Waals surface area (Å²) in [7, 11) is 3.85. The van der Waals surface area contributed by atoms with Crippen LogP contribution >= 0.6 is 0 Å². The molecule has 0 saturated heterocycles. The number of hydrogen-bond donors (Lipinski definition) is 3. The lowest BCUT2D eigenvalue weighted by Crippen LogP contribution is -2.34. The van der Waals surface area contributed by atoms with Crippen LogP contribution in [-0.2, 0) is 0 Å². The van der Waals surface area contributed by atoms with E-state index in [-0.39, 0.29) is 6.61 Å². The number of aliphatic hydroxyl groups is 2. The summed E-state index contributed by atoms with van der Waals surface area (Å²) in [6, 6.07) is 0. The SMILES string of the molecule is CCC(C)(N)O.CN(C)CCO. The predicted molar refractivity (Wildman–Crippen MR) is 50.7 cm³/mol. The van der Waals surface area contributed by atoms with Gasteiger partial charge in [0, 0.05) is 6.54 Å². The highest BCUT2D eigenvalue weighted by Gasteiger charge is 2.06. The van der Waals surface area contributed by atoms with Crippen molar-refractivity contribution < 1.29 is 10.2 Å². The third-order valence-electron chi connectivity index (χ3n) is 1.26. The zero-order chi connectivity index (χ0) is 10.2. The lowest BCUT2D eigenvalue weighted by atomic mass is 10.2. The Hall–Kier alpha value is -0.160. The molecule has 0 aromatic carbocycles. The van der Waals surface area contributed by atoms with Crippen LogP contribution in [-0.4, -0.2) is 48.1 Å². The van der Waals surface area contributed by atoms with Gasteiger partial charge in [-0.15, -0.1) is 0 Å². The Morgan fingerprint density at radius 2 is 1.75 bits per heavy atom. The monoisotopic (exact) mass is 178 g/mol. The van der Waals surface area contributed by atoms with E-state index in [2.05, 4.69) is 0 Å². The molecule has 0 aliphatic carbocycles. The molecule has 4 N–H and O–H groups in total. The second-order valence-corrected chi connectivity index (χ2v) is 3.24. The molecule has 0 aliphatic heterocycles. The van der Waals surface area contributed by atoms with Gasteiger partial charge >= 0.3 is 0 Å². The lowest BCUT2D eigenvalue weighted by molar-refractivity contribution is 0.0632. The van der Waals surface area contributed by atoms with Gasteiger partial charge in [-0.25, -0.2) is 0 Å². The van der Waals surface area contributed by atoms with E-state index in [9.17, 15) is 0 Å². The topological polar surface area (TPSA) is 69.7 Å². The van der Waals surface area contributed by atoms with Crippen LogP contribution in [0.15, 0.2) is 0 Å². The van der Waals surface area contributed by atoms with Crippen molar-refractivity contribution in [2.24, 2.45) is 5.73 Å². The lowest BCUT2D eigenvalue weighted by Gasteiger charge is -2.11. The average molecular weight is 178 g/mol. The van der Waals surface area contributed by atoms with Crippen LogP contribution in [0.3, 0.4) is 0 Å². The van der Waals surface area contributed by atoms with Crippen LogP contribution in [0.1, 0.15) is 20.3 Å². The van der Waals surface area contributed by atoms with Gasteiger partial charge < -0.3 is 20.8 Å². The molecule has 0 radical (unpaired) electrons. The van der Waals surface area contributed by atoms with Gasteiger partial charge in [0.1, 0.15) is 5.72 Å². The van der Waals surface area contributed by atoms with Gasteiger partial charge in [-0.3, -0.25) is 0 Å². The van der Waals surface area contributed by atoms with Crippen LogP contribution in [0.25, 0.3) is 0 Å². The Labute approximate surface area is 75.0 Å². The summed E-state index contributed by atoms with van der Waals surface area (Å²) in [5.41, 5.74) is 4.13. The molecule has 0 rings (SSSR count). The minimum atomic E-state index is -0.958. The number of rotatable bonds is 3. The first-order chi connectivity index (χ1) is 5.33. The highest BCUT2D eigenvalue weighted by molar-refractivity contribution is 4.56. The van der Waals surface area contributed by atoms with Gasteiger partial charge in [-0.1, -0.05) is 6.92 Å². The zero-order valence-electron chi connectivity index (χ0n) is 8.54. The molecule has 0 amide bonds. The summed E-state index contributed by atoms with van der Waals surface area (Å²) in [6.45, 7) is 4.43. The maximum atomic E-state index is 8.60. The number of aliphatic hydroxyl groups excluding tert-OH is 1. The Morgan fingerprint density at radius 1 is 1.42 bits per heavy atom. The summed E-state index contributed by atoms with van der Waals surface area (Å²) < 4.78 is 0. The molecule has 0 bridgehead atoms. The van der Waals surface area contributed by atoms with Crippen LogP contribution in [0.4, 0.5) is 0 Å². The second kappa shape index (κ2) is 7.49. The van der Waals surface area contributed by atoms with Crippen LogP contribution < -0.4 is 5.73 Å². The highest BCUT2D eigenvalue weighted by atomic mass is 16.3. The second-order valence-electron chi connectivity index (χ2n) is 3.24. The highest BCUT2D eigenvalue weighted by Crippen LogP contribution is 1.94. The van der Waals surface area contributed by atoms with Crippen molar-refractivity contribution in [3.05, 3.63) is 0 Å². The quantitative estimate of drug-likeness (QED) is 0.515. The standard InChI is InChI=1S/2C4H11NO/c1-5(2)3-4-6;1-3-4(2,5)6/h6H,3-4H2,1-2H3;6H,3,5H2,1-2H3. The molecule has 0 aliphatic rings. The van der Waals surface area contributed by atoms with Crippen molar-refractivity contribution in [3.63, 3.8) is 0 Å². The Balaban J connectivity index is 0. The fourth-order valence-electron chi connectivity index (χ4n) is 0.200. The van der Waals surface area contributed by atoms with E-state index in [1.165, 1.54) is 0 Å². The van der Waals surface area contributed by atoms with Crippen LogP contribution in [0.2, 0.25) is 0 Å². The first-order valence-corrected chi connectivity index (χ1v) is 4.10. The molecule has 76 valence electrons. The van der Waals surface area contributed by atoms with Gasteiger partial charge in [-0.05, 0) is 27.4 Å². The Morgan fingerprint density at radius 3 is 1.75 bits per heavy atom. The summed E-state index contributed by atoms with van der Waals surface area (Å²) in [4.78, 5) is 1.93. The molecule has 0 saturated carbocycles. The minimum absolute atomic E-state index is 0.257. The fourth-order valence-corrected chi connectivity index (χ4v) is 0.200. The number of nitrogens with zero attached hydrogens (tertiary/aromatic N) is 1. The first kappa shape index (κ1) is 14.4. The maximum absolute atomic E-state index is 8.60. The molecule has 4 heteroatoms. The van der Waals surface area contributed by atoms with Crippen molar-refractivity contribution in [1.29, 1.82) is 0 Å². The molecular weight excluding hydrogens is 156 g/mol. The summed E-state index contributed by atoms with van der Waals surface area (Å²) in [5.74, 6) is 0. The van der Waals surface area contributed by atoms with E-state index in [0.717, 1.165) is 6.54 Å². The van der Waals surface area contributed by atoms with Crippen molar-refractivity contribution in [2.75, 3.05) is 27.2 Å². The largest absolute Gasteiger partial charge is 0.395 e. The molecule has 0 fully saturated rings. The van der Waals surface area contributed by atoms with Crippen LogP contribution in [0.5, 0.6) is 0 Å². The number of hydrogen-bond acceptors (Lipinski definition) is 4. The Bertz CT molecular complexity index is 89.5. The molecule has 0 aromatic rings. The van der Waals surface area contributed by atoms with E-state index >= 15 is 0 Å². The van der Waals surface area contributed by atoms with E-state index in [1.807, 2.05) is 25.9 Å². The van der Waals surface area contributed by atoms with Gasteiger partial charge in [-0.2, -0.15) is 0 Å². The Kier molecular flexibility index (Phi) is 8.97. The molecule has 1 unspecified atom stereocenters.